The van der Waals surface area contributed by atoms with Crippen LogP contribution in [0.25, 0.3) is 0 Å². The number of amides is 1. The van der Waals surface area contributed by atoms with E-state index in [1.54, 1.807) is 37.4 Å². The zero-order valence-electron chi connectivity index (χ0n) is 17.6. The van der Waals surface area contributed by atoms with Gasteiger partial charge in [0.2, 0.25) is 0 Å². The maximum Gasteiger partial charge on any atom is 0.261 e. The minimum absolute atomic E-state index is 0.0398. The first kappa shape index (κ1) is 22.4. The van der Waals surface area contributed by atoms with Gasteiger partial charge in [-0.1, -0.05) is 30.3 Å². The second kappa shape index (κ2) is 10.1. The van der Waals surface area contributed by atoms with Crippen LogP contribution in [0, 0.1) is 6.92 Å². The predicted octanol–water partition coefficient (Wildman–Crippen LogP) is 4.17. The predicted molar refractivity (Wildman–Crippen MR) is 122 cm³/mol. The number of anilines is 1. The van der Waals surface area contributed by atoms with E-state index < -0.39 is 10.0 Å². The van der Waals surface area contributed by atoms with Crippen LogP contribution in [0.4, 0.5) is 5.69 Å². The number of sulfonamides is 1. The molecule has 0 unspecified atom stereocenters. The molecular weight excluding hydrogens is 412 g/mol. The maximum atomic E-state index is 12.7. The molecular formula is C24H26N2O4S. The Morgan fingerprint density at radius 2 is 1.74 bits per heavy atom. The van der Waals surface area contributed by atoms with Crippen LogP contribution in [-0.4, -0.2) is 28.0 Å². The van der Waals surface area contributed by atoms with Crippen LogP contribution in [0.5, 0.6) is 5.75 Å². The molecule has 0 heterocycles. The molecule has 31 heavy (non-hydrogen) atoms. The second-order valence-corrected chi connectivity index (χ2v) is 8.90. The fraction of sp³-hybridized carbons (Fsp3) is 0.208. The molecule has 0 saturated carbocycles. The van der Waals surface area contributed by atoms with Crippen LogP contribution in [0.2, 0.25) is 0 Å². The Morgan fingerprint density at radius 1 is 0.968 bits per heavy atom. The highest BCUT2D eigenvalue weighted by molar-refractivity contribution is 7.92. The average molecular weight is 439 g/mol. The Hall–Kier alpha value is -3.32. The fourth-order valence-electron chi connectivity index (χ4n) is 3.15. The summed E-state index contributed by atoms with van der Waals surface area (Å²) in [6, 6.07) is 20.9. The molecule has 0 saturated heterocycles. The monoisotopic (exact) mass is 438 g/mol. The molecule has 162 valence electrons. The zero-order valence-corrected chi connectivity index (χ0v) is 18.4. The standard InChI is InChI=1S/C24H26N2O4S/c1-18-7-3-11-21(15-18)26-31(28,29)23-13-5-10-20(17-23)24(27)25-14-6-9-19-8-4-12-22(16-19)30-2/h3-5,7-8,10-13,15-17,26H,6,9,14H2,1-2H3,(H,25,27). The molecule has 7 heteroatoms. The van der Waals surface area contributed by atoms with Gasteiger partial charge in [-0.05, 0) is 73.4 Å². The SMILES string of the molecule is COc1cccc(CCCNC(=O)c2cccc(S(=O)(=O)Nc3cccc(C)c3)c2)c1. The lowest BCUT2D eigenvalue weighted by Gasteiger charge is -2.10. The molecule has 0 aliphatic rings. The number of hydrogen-bond donors (Lipinski definition) is 2. The summed E-state index contributed by atoms with van der Waals surface area (Å²) in [4.78, 5) is 12.5. The third kappa shape index (κ3) is 6.33. The van der Waals surface area contributed by atoms with E-state index in [1.807, 2.05) is 37.3 Å². The number of nitrogens with one attached hydrogen (secondary N) is 2. The summed E-state index contributed by atoms with van der Waals surface area (Å²) >= 11 is 0. The van der Waals surface area contributed by atoms with Gasteiger partial charge in [-0.15, -0.1) is 0 Å². The van der Waals surface area contributed by atoms with E-state index in [2.05, 4.69) is 10.0 Å². The van der Waals surface area contributed by atoms with Gasteiger partial charge in [-0.2, -0.15) is 0 Å². The Kier molecular flexibility index (Phi) is 7.31. The van der Waals surface area contributed by atoms with Gasteiger partial charge in [0, 0.05) is 17.8 Å². The first-order valence-electron chi connectivity index (χ1n) is 9.98. The van der Waals surface area contributed by atoms with E-state index in [-0.39, 0.29) is 10.8 Å². The molecule has 6 nitrogen and oxygen atoms in total. The quantitative estimate of drug-likeness (QED) is 0.491. The minimum Gasteiger partial charge on any atom is -0.497 e. The van der Waals surface area contributed by atoms with Crippen molar-refractivity contribution in [3.8, 4) is 5.75 Å². The van der Waals surface area contributed by atoms with E-state index in [4.69, 9.17) is 4.74 Å². The van der Waals surface area contributed by atoms with Gasteiger partial charge in [0.25, 0.3) is 15.9 Å². The van der Waals surface area contributed by atoms with E-state index in [0.29, 0.717) is 17.8 Å². The topological polar surface area (TPSA) is 84.5 Å². The van der Waals surface area contributed by atoms with Gasteiger partial charge in [0.15, 0.2) is 0 Å². The lowest BCUT2D eigenvalue weighted by Crippen LogP contribution is -2.25. The van der Waals surface area contributed by atoms with Gasteiger partial charge in [0.05, 0.1) is 12.0 Å². The third-order valence-electron chi connectivity index (χ3n) is 4.74. The van der Waals surface area contributed by atoms with E-state index in [9.17, 15) is 13.2 Å². The third-order valence-corrected chi connectivity index (χ3v) is 6.12. The number of carbonyl (C=O) groups is 1. The molecule has 3 rings (SSSR count). The van der Waals surface area contributed by atoms with E-state index in [1.165, 1.54) is 12.1 Å². The first-order chi connectivity index (χ1) is 14.9. The molecule has 3 aromatic rings. The Bertz CT molecular complexity index is 1160. The summed E-state index contributed by atoms with van der Waals surface area (Å²) in [6.45, 7) is 2.37. The van der Waals surface area contributed by atoms with Gasteiger partial charge in [-0.25, -0.2) is 8.42 Å². The van der Waals surface area contributed by atoms with Crippen LogP contribution < -0.4 is 14.8 Å². The van der Waals surface area contributed by atoms with Crippen molar-refractivity contribution < 1.29 is 17.9 Å². The number of hydrogen-bond acceptors (Lipinski definition) is 4. The summed E-state index contributed by atoms with van der Waals surface area (Å²) in [6.07, 6.45) is 1.55. The number of carbonyl (C=O) groups excluding carboxylic acids is 1. The molecule has 0 aliphatic carbocycles. The first-order valence-corrected chi connectivity index (χ1v) is 11.5. The summed E-state index contributed by atoms with van der Waals surface area (Å²) in [5.41, 5.74) is 2.85. The van der Waals surface area contributed by atoms with Crippen molar-refractivity contribution >= 4 is 21.6 Å². The summed E-state index contributed by atoms with van der Waals surface area (Å²) in [5.74, 6) is 0.497. The van der Waals surface area contributed by atoms with E-state index >= 15 is 0 Å². The Morgan fingerprint density at radius 3 is 2.52 bits per heavy atom. The lowest BCUT2D eigenvalue weighted by molar-refractivity contribution is 0.0953. The van der Waals surface area contributed by atoms with Crippen LogP contribution in [0.3, 0.4) is 0 Å². The number of rotatable bonds is 9. The van der Waals surface area contributed by atoms with Crippen LogP contribution in [0.1, 0.15) is 27.9 Å². The Labute approximate surface area is 183 Å². The molecule has 0 aromatic heterocycles. The second-order valence-electron chi connectivity index (χ2n) is 7.21. The smallest absolute Gasteiger partial charge is 0.261 e. The summed E-state index contributed by atoms with van der Waals surface area (Å²) in [5, 5.41) is 2.85. The molecule has 0 bridgehead atoms. The van der Waals surface area contributed by atoms with Crippen molar-refractivity contribution in [3.63, 3.8) is 0 Å². The number of methoxy groups -OCH3 is 1. The van der Waals surface area contributed by atoms with Crippen molar-refractivity contribution in [2.45, 2.75) is 24.7 Å². The summed E-state index contributed by atoms with van der Waals surface area (Å²) < 4.78 is 33.2. The Balaban J connectivity index is 1.59. The van der Waals surface area contributed by atoms with Crippen molar-refractivity contribution in [2.75, 3.05) is 18.4 Å². The average Bonchev–Trinajstić information content (AvgIpc) is 2.76. The van der Waals surface area contributed by atoms with Gasteiger partial charge >= 0.3 is 0 Å². The number of benzene rings is 3. The van der Waals surface area contributed by atoms with Gasteiger partial charge < -0.3 is 10.1 Å². The molecule has 0 radical (unpaired) electrons. The largest absolute Gasteiger partial charge is 0.497 e. The van der Waals surface area contributed by atoms with Crippen molar-refractivity contribution in [1.82, 2.24) is 5.32 Å². The number of aryl methyl sites for hydroxylation is 2. The molecule has 0 spiro atoms. The zero-order chi connectivity index (χ0) is 22.3. The minimum atomic E-state index is -3.80. The van der Waals surface area contributed by atoms with Crippen LogP contribution >= 0.6 is 0 Å². The molecule has 2 N–H and O–H groups in total. The highest BCUT2D eigenvalue weighted by Gasteiger charge is 2.16. The number of ether oxygens (including phenoxy) is 1. The van der Waals surface area contributed by atoms with Crippen molar-refractivity contribution in [2.24, 2.45) is 0 Å². The highest BCUT2D eigenvalue weighted by Crippen LogP contribution is 2.18. The van der Waals surface area contributed by atoms with Gasteiger partial charge in [0.1, 0.15) is 5.75 Å². The molecule has 0 atom stereocenters. The lowest BCUT2D eigenvalue weighted by atomic mass is 10.1. The van der Waals surface area contributed by atoms with E-state index in [0.717, 1.165) is 29.7 Å². The normalized spacial score (nSPS) is 11.0. The van der Waals surface area contributed by atoms with Crippen LogP contribution in [0.15, 0.2) is 77.7 Å². The molecule has 1 amide bonds. The highest BCUT2D eigenvalue weighted by atomic mass is 32.2. The van der Waals surface area contributed by atoms with Crippen LogP contribution in [-0.2, 0) is 16.4 Å². The molecule has 0 fully saturated rings. The molecule has 0 aliphatic heterocycles. The van der Waals surface area contributed by atoms with Crippen molar-refractivity contribution in [1.29, 1.82) is 0 Å². The molecule has 3 aromatic carbocycles. The summed E-state index contributed by atoms with van der Waals surface area (Å²) in [7, 11) is -2.17. The van der Waals surface area contributed by atoms with Gasteiger partial charge in [-0.3, -0.25) is 9.52 Å². The van der Waals surface area contributed by atoms with Crippen molar-refractivity contribution in [3.05, 3.63) is 89.5 Å². The fourth-order valence-corrected chi connectivity index (χ4v) is 4.25. The maximum absolute atomic E-state index is 12.7.